The minimum atomic E-state index is 0.305. The Morgan fingerprint density at radius 1 is 0.933 bits per heavy atom. The van der Waals surface area contributed by atoms with Gasteiger partial charge in [0.2, 0.25) is 17.8 Å². The summed E-state index contributed by atoms with van der Waals surface area (Å²) in [5.74, 6) is 1.26. The van der Waals surface area contributed by atoms with E-state index in [1.54, 1.807) is 18.3 Å². The number of morpholine rings is 1. The average Bonchev–Trinajstić information content (AvgIpc) is 2.78. The summed E-state index contributed by atoms with van der Waals surface area (Å²) in [5, 5.41) is 8.30. The van der Waals surface area contributed by atoms with Crippen LogP contribution in [-0.2, 0) is 4.74 Å². The molecule has 0 saturated carbocycles. The van der Waals surface area contributed by atoms with Crippen LogP contribution in [0.15, 0.2) is 53.6 Å². The van der Waals surface area contributed by atoms with Gasteiger partial charge in [-0.15, -0.1) is 0 Å². The molecule has 1 aliphatic heterocycles. The van der Waals surface area contributed by atoms with E-state index in [9.17, 15) is 0 Å². The Balaban J connectivity index is 1.58. The molecule has 30 heavy (non-hydrogen) atoms. The molecule has 10 heteroatoms. The highest BCUT2D eigenvalue weighted by molar-refractivity contribution is 6.43. The maximum atomic E-state index is 6.20. The summed E-state index contributed by atoms with van der Waals surface area (Å²) in [6.07, 6.45) is 1.57. The number of para-hydroxylation sites is 1. The van der Waals surface area contributed by atoms with Crippen LogP contribution >= 0.6 is 23.2 Å². The summed E-state index contributed by atoms with van der Waals surface area (Å²) in [4.78, 5) is 15.5. The highest BCUT2D eigenvalue weighted by atomic mass is 35.5. The zero-order chi connectivity index (χ0) is 20.8. The largest absolute Gasteiger partial charge is 0.378 e. The van der Waals surface area contributed by atoms with E-state index in [-0.39, 0.29) is 0 Å². The molecule has 3 aromatic rings. The topological polar surface area (TPSA) is 87.6 Å². The van der Waals surface area contributed by atoms with E-state index in [1.165, 1.54) is 0 Å². The lowest BCUT2D eigenvalue weighted by Gasteiger charge is -2.27. The number of nitrogens with one attached hydrogen (secondary N) is 2. The Morgan fingerprint density at radius 3 is 2.50 bits per heavy atom. The second kappa shape index (κ2) is 9.71. The van der Waals surface area contributed by atoms with Crippen molar-refractivity contribution in [3.8, 4) is 0 Å². The number of anilines is 4. The molecule has 0 amide bonds. The minimum absolute atomic E-state index is 0.305. The first-order valence-corrected chi connectivity index (χ1v) is 10.1. The van der Waals surface area contributed by atoms with E-state index in [0.717, 1.165) is 5.69 Å². The third kappa shape index (κ3) is 5.15. The van der Waals surface area contributed by atoms with Gasteiger partial charge in [0.25, 0.3) is 0 Å². The third-order valence-electron chi connectivity index (χ3n) is 4.30. The van der Waals surface area contributed by atoms with Crippen LogP contribution in [0.3, 0.4) is 0 Å². The van der Waals surface area contributed by atoms with Crippen LogP contribution in [-0.4, -0.2) is 47.5 Å². The van der Waals surface area contributed by atoms with Crippen LogP contribution in [0, 0.1) is 0 Å². The molecule has 2 heterocycles. The van der Waals surface area contributed by atoms with Gasteiger partial charge in [-0.1, -0.05) is 53.5 Å². The summed E-state index contributed by atoms with van der Waals surface area (Å²) < 4.78 is 5.42. The van der Waals surface area contributed by atoms with E-state index < -0.39 is 0 Å². The molecule has 0 bridgehead atoms. The van der Waals surface area contributed by atoms with Crippen molar-refractivity contribution in [2.24, 2.45) is 5.10 Å². The van der Waals surface area contributed by atoms with Crippen LogP contribution in [0.5, 0.6) is 0 Å². The Bertz CT molecular complexity index is 1030. The maximum absolute atomic E-state index is 6.20. The predicted octanol–water partition coefficient (Wildman–Crippen LogP) is 4.20. The third-order valence-corrected chi connectivity index (χ3v) is 5.13. The zero-order valence-electron chi connectivity index (χ0n) is 15.9. The van der Waals surface area contributed by atoms with Crippen LogP contribution in [0.4, 0.5) is 23.5 Å². The number of halogens is 2. The van der Waals surface area contributed by atoms with Gasteiger partial charge in [-0.3, -0.25) is 0 Å². The lowest BCUT2D eigenvalue weighted by atomic mass is 10.2. The number of benzene rings is 2. The summed E-state index contributed by atoms with van der Waals surface area (Å²) >= 11 is 12.2. The molecule has 1 saturated heterocycles. The van der Waals surface area contributed by atoms with Crippen molar-refractivity contribution in [3.63, 3.8) is 0 Å². The molecule has 0 aliphatic carbocycles. The first-order chi connectivity index (χ1) is 14.7. The van der Waals surface area contributed by atoms with Gasteiger partial charge < -0.3 is 15.0 Å². The second-order valence-corrected chi connectivity index (χ2v) is 7.17. The fraction of sp³-hybridized carbons (Fsp3) is 0.200. The quantitative estimate of drug-likeness (QED) is 0.435. The van der Waals surface area contributed by atoms with Gasteiger partial charge >= 0.3 is 0 Å². The molecular formula is C20H19Cl2N7O. The highest BCUT2D eigenvalue weighted by Gasteiger charge is 2.16. The van der Waals surface area contributed by atoms with E-state index in [1.807, 2.05) is 41.3 Å². The van der Waals surface area contributed by atoms with Gasteiger partial charge in [0.15, 0.2) is 0 Å². The summed E-state index contributed by atoms with van der Waals surface area (Å²) in [7, 11) is 0. The molecule has 0 unspecified atom stereocenters. The van der Waals surface area contributed by atoms with Gasteiger partial charge in [-0.25, -0.2) is 5.43 Å². The molecule has 1 fully saturated rings. The van der Waals surface area contributed by atoms with Gasteiger partial charge in [0.05, 0.1) is 29.5 Å². The van der Waals surface area contributed by atoms with Crippen molar-refractivity contribution in [1.82, 2.24) is 15.0 Å². The molecule has 2 aromatic carbocycles. The van der Waals surface area contributed by atoms with E-state index in [0.29, 0.717) is 59.8 Å². The number of ether oxygens (including phenoxy) is 1. The number of rotatable bonds is 6. The van der Waals surface area contributed by atoms with Crippen LogP contribution in [0.1, 0.15) is 5.56 Å². The van der Waals surface area contributed by atoms with E-state index >= 15 is 0 Å². The molecule has 8 nitrogen and oxygen atoms in total. The Hall–Kier alpha value is -2.94. The van der Waals surface area contributed by atoms with Gasteiger partial charge in [0, 0.05) is 24.3 Å². The van der Waals surface area contributed by atoms with Crippen molar-refractivity contribution >= 4 is 52.9 Å². The molecule has 0 spiro atoms. The molecule has 154 valence electrons. The van der Waals surface area contributed by atoms with E-state index in [4.69, 9.17) is 27.9 Å². The lowest BCUT2D eigenvalue weighted by molar-refractivity contribution is 0.122. The summed E-state index contributed by atoms with van der Waals surface area (Å²) in [5.41, 5.74) is 4.41. The maximum Gasteiger partial charge on any atom is 0.250 e. The minimum Gasteiger partial charge on any atom is -0.378 e. The normalized spacial score (nSPS) is 14.1. The Labute approximate surface area is 183 Å². The van der Waals surface area contributed by atoms with Crippen molar-refractivity contribution in [1.29, 1.82) is 0 Å². The van der Waals surface area contributed by atoms with Crippen LogP contribution < -0.4 is 15.6 Å². The smallest absolute Gasteiger partial charge is 0.250 e. The number of hydrogen-bond acceptors (Lipinski definition) is 8. The monoisotopic (exact) mass is 443 g/mol. The number of hydrogen-bond donors (Lipinski definition) is 2. The van der Waals surface area contributed by atoms with Crippen molar-refractivity contribution in [3.05, 3.63) is 64.1 Å². The lowest BCUT2D eigenvalue weighted by Crippen LogP contribution is -2.37. The van der Waals surface area contributed by atoms with Gasteiger partial charge in [-0.05, 0) is 18.2 Å². The molecular weight excluding hydrogens is 425 g/mol. The van der Waals surface area contributed by atoms with Crippen molar-refractivity contribution in [2.75, 3.05) is 41.9 Å². The molecule has 1 aromatic heterocycles. The van der Waals surface area contributed by atoms with Crippen LogP contribution in [0.25, 0.3) is 0 Å². The first-order valence-electron chi connectivity index (χ1n) is 9.33. The Kier molecular flexibility index (Phi) is 6.58. The summed E-state index contributed by atoms with van der Waals surface area (Å²) in [6, 6.07) is 15.0. The predicted molar refractivity (Wildman–Crippen MR) is 120 cm³/mol. The second-order valence-electron chi connectivity index (χ2n) is 6.39. The summed E-state index contributed by atoms with van der Waals surface area (Å²) in [6.45, 7) is 2.66. The van der Waals surface area contributed by atoms with Crippen molar-refractivity contribution in [2.45, 2.75) is 0 Å². The standard InChI is InChI=1S/C20H19Cl2N7O/c21-16-8-4-5-14(17(16)22)13-23-28-19-25-18(24-15-6-2-1-3-7-15)26-20(27-19)29-9-11-30-12-10-29/h1-8,13H,9-12H2,(H2,24,25,26,27,28)/b23-13+. The molecule has 0 atom stereocenters. The fourth-order valence-corrected chi connectivity index (χ4v) is 3.16. The fourth-order valence-electron chi connectivity index (χ4n) is 2.81. The zero-order valence-corrected chi connectivity index (χ0v) is 17.4. The SMILES string of the molecule is Clc1cccc(/C=N/Nc2nc(Nc3ccccc3)nc(N3CCOCC3)n2)c1Cl. The number of hydrazone groups is 1. The Morgan fingerprint density at radius 2 is 1.70 bits per heavy atom. The first kappa shape index (κ1) is 20.3. The molecule has 4 rings (SSSR count). The van der Waals surface area contributed by atoms with Gasteiger partial charge in [-0.2, -0.15) is 20.1 Å². The molecule has 0 radical (unpaired) electrons. The molecule has 2 N–H and O–H groups in total. The van der Waals surface area contributed by atoms with E-state index in [2.05, 4.69) is 30.8 Å². The van der Waals surface area contributed by atoms with Crippen molar-refractivity contribution < 1.29 is 4.74 Å². The number of aromatic nitrogens is 3. The average molecular weight is 444 g/mol. The highest BCUT2D eigenvalue weighted by Crippen LogP contribution is 2.24. The molecule has 1 aliphatic rings. The van der Waals surface area contributed by atoms with Crippen LogP contribution in [0.2, 0.25) is 10.0 Å². The van der Waals surface area contributed by atoms with Gasteiger partial charge in [0.1, 0.15) is 0 Å². The number of nitrogens with zero attached hydrogens (tertiary/aromatic N) is 5.